The highest BCUT2D eigenvalue weighted by atomic mass is 16.3. The maximum absolute atomic E-state index is 7.29. The minimum atomic E-state index is -0.184. The number of aromatic nitrogens is 2. The van der Waals surface area contributed by atoms with E-state index in [-0.39, 0.29) is 23.1 Å². The predicted molar refractivity (Wildman–Crippen MR) is 284 cm³/mol. The second kappa shape index (κ2) is 12.8. The number of rotatable bonds is 2. The maximum atomic E-state index is 7.29. The van der Waals surface area contributed by atoms with Gasteiger partial charge in [0, 0.05) is 56.9 Å². The van der Waals surface area contributed by atoms with Crippen molar-refractivity contribution in [2.75, 3.05) is 4.81 Å². The summed E-state index contributed by atoms with van der Waals surface area (Å²) in [5, 5.41) is 6.02. The first-order chi connectivity index (χ1) is 32.2. The molecule has 14 rings (SSSR count). The van der Waals surface area contributed by atoms with E-state index in [0.29, 0.717) is 0 Å². The third-order valence-electron chi connectivity index (χ3n) is 16.0. The molecule has 11 aromatic rings. The van der Waals surface area contributed by atoms with E-state index >= 15 is 0 Å². The molecule has 5 heteroatoms. The van der Waals surface area contributed by atoms with E-state index in [1.165, 1.54) is 122 Å². The molecule has 4 nitrogen and oxygen atoms in total. The Bertz CT molecular complexity index is 3980. The summed E-state index contributed by atoms with van der Waals surface area (Å²) in [4.78, 5) is 2.71. The molecule has 0 unspecified atom stereocenters. The van der Waals surface area contributed by atoms with Gasteiger partial charge in [-0.05, 0) is 126 Å². The molecule has 0 fully saturated rings. The van der Waals surface area contributed by atoms with Gasteiger partial charge in [-0.2, -0.15) is 0 Å². The predicted octanol–water partition coefficient (Wildman–Crippen LogP) is 15.0. The molecule has 0 amide bonds. The van der Waals surface area contributed by atoms with E-state index < -0.39 is 0 Å². The van der Waals surface area contributed by atoms with Crippen LogP contribution in [0.1, 0.15) is 77.6 Å². The van der Waals surface area contributed by atoms with Crippen LogP contribution in [0.4, 0.5) is 11.4 Å². The number of hydrogen-bond donors (Lipinski definition) is 0. The molecule has 5 heterocycles. The van der Waals surface area contributed by atoms with E-state index in [4.69, 9.17) is 4.42 Å². The van der Waals surface area contributed by atoms with Crippen molar-refractivity contribution in [2.24, 2.45) is 7.05 Å². The van der Waals surface area contributed by atoms with Gasteiger partial charge in [0.1, 0.15) is 11.2 Å². The summed E-state index contributed by atoms with van der Waals surface area (Å²) in [7, 11) is 2.23. The van der Waals surface area contributed by atoms with Gasteiger partial charge in [-0.25, -0.2) is 0 Å². The van der Waals surface area contributed by atoms with E-state index in [0.717, 1.165) is 16.6 Å². The van der Waals surface area contributed by atoms with Crippen molar-refractivity contribution in [3.8, 4) is 39.2 Å². The van der Waals surface area contributed by atoms with Gasteiger partial charge in [-0.3, -0.25) is 0 Å². The zero-order chi connectivity index (χ0) is 45.6. The van der Waals surface area contributed by atoms with Gasteiger partial charge in [-0.15, -0.1) is 0 Å². The first-order valence-electron chi connectivity index (χ1n) is 24.0. The van der Waals surface area contributed by atoms with Crippen molar-refractivity contribution in [2.45, 2.75) is 71.6 Å². The van der Waals surface area contributed by atoms with Crippen molar-refractivity contribution in [3.05, 3.63) is 174 Å². The Kier molecular flexibility index (Phi) is 7.45. The summed E-state index contributed by atoms with van der Waals surface area (Å²) in [6, 6.07) is 57.9. The molecular weight excluding hydrogens is 814 g/mol. The number of furan rings is 1. The Morgan fingerprint density at radius 2 is 1.28 bits per heavy atom. The van der Waals surface area contributed by atoms with Gasteiger partial charge >= 0.3 is 6.85 Å². The monoisotopic (exact) mass is 865 g/mol. The van der Waals surface area contributed by atoms with Crippen LogP contribution in [0.5, 0.6) is 0 Å². The number of hydrogen-bond acceptors (Lipinski definition) is 2. The average molecular weight is 866 g/mol. The summed E-state index contributed by atoms with van der Waals surface area (Å²) in [5.74, 6) is 0. The van der Waals surface area contributed by atoms with Crippen molar-refractivity contribution in [1.82, 2.24) is 9.13 Å². The minimum absolute atomic E-state index is 0.0152. The van der Waals surface area contributed by atoms with Crippen molar-refractivity contribution in [3.63, 3.8) is 0 Å². The zero-order valence-corrected chi connectivity index (χ0v) is 39.8. The number of anilines is 2. The maximum Gasteiger partial charge on any atom is 0.333 e. The Morgan fingerprint density at radius 3 is 2.06 bits per heavy atom. The van der Waals surface area contributed by atoms with Gasteiger partial charge < -0.3 is 18.4 Å². The Hall–Kier alpha value is -7.24. The molecule has 0 radical (unpaired) electrons. The third-order valence-corrected chi connectivity index (χ3v) is 16.0. The zero-order valence-electron chi connectivity index (χ0n) is 39.8. The van der Waals surface area contributed by atoms with E-state index in [1.54, 1.807) is 0 Å². The highest BCUT2D eigenvalue weighted by Gasteiger charge is 2.48. The molecule has 0 bridgehead atoms. The smallest absolute Gasteiger partial charge is 0.333 e. The van der Waals surface area contributed by atoms with E-state index in [9.17, 15) is 0 Å². The lowest BCUT2D eigenvalue weighted by Gasteiger charge is -2.43. The first kappa shape index (κ1) is 39.0. The molecule has 3 aromatic heterocycles. The van der Waals surface area contributed by atoms with Gasteiger partial charge in [-0.1, -0.05) is 152 Å². The standard InChI is InChI=1S/C62H52BN3O/c1-60(2,3)37-23-26-39(27-24-37)66-51-33-46-42(40-19-13-15-21-45(40)62(46,7)8)32-44(51)54-55-41-20-14-16-22-53(41)67-59(55)56-43-31-38(61(4,5)6)25-28-48(43)65-52-34-50-36(29-47(52)63(66)57(54)58(56)65)30-49(64(50)9)35-17-11-10-12-18-35/h10-34H,1-9H3. The fourth-order valence-electron chi connectivity index (χ4n) is 12.6. The summed E-state index contributed by atoms with van der Waals surface area (Å²) >= 11 is 0. The number of fused-ring (bicyclic) bond motifs is 17. The average Bonchev–Trinajstić information content (AvgIpc) is 4.03. The molecule has 324 valence electrons. The SMILES string of the molecule is Cn1c(-c2ccccc2)cc2cc3c(cc21)-n1c2ccc(C(C)(C)C)cc2c2c4oc5ccccc5c4c4c(c21)B3N(c1ccc(C(C)(C)C)cc1)c1cc2c(cc1-4)-c1ccccc1C2(C)C. The van der Waals surface area contributed by atoms with Crippen LogP contribution in [0.25, 0.3) is 93.8 Å². The molecule has 0 spiro atoms. The summed E-state index contributed by atoms with van der Waals surface area (Å²) in [6.07, 6.45) is 0. The fraction of sp³-hybridized carbons (Fsp3) is 0.194. The minimum Gasteiger partial charge on any atom is -0.455 e. The number of para-hydroxylation sites is 1. The highest BCUT2D eigenvalue weighted by molar-refractivity contribution is 6.94. The summed E-state index contributed by atoms with van der Waals surface area (Å²) in [5.41, 5.74) is 24.6. The highest BCUT2D eigenvalue weighted by Crippen LogP contribution is 2.57. The van der Waals surface area contributed by atoms with Gasteiger partial charge in [0.25, 0.3) is 0 Å². The van der Waals surface area contributed by atoms with Crippen LogP contribution in [0.15, 0.2) is 156 Å². The first-order valence-corrected chi connectivity index (χ1v) is 24.0. The second-order valence-corrected chi connectivity index (χ2v) is 22.2. The molecule has 0 atom stereocenters. The van der Waals surface area contributed by atoms with Crippen LogP contribution >= 0.6 is 0 Å². The lowest BCUT2D eigenvalue weighted by molar-refractivity contribution is 0.590. The lowest BCUT2D eigenvalue weighted by atomic mass is 9.43. The quantitative estimate of drug-likeness (QED) is 0.162. The third kappa shape index (κ3) is 5.04. The van der Waals surface area contributed by atoms with Crippen LogP contribution in [-0.2, 0) is 23.3 Å². The number of nitrogens with zero attached hydrogens (tertiary/aromatic N) is 3. The Labute approximate surface area is 392 Å². The topological polar surface area (TPSA) is 26.2 Å². The van der Waals surface area contributed by atoms with Crippen LogP contribution in [-0.4, -0.2) is 16.0 Å². The normalized spacial score (nSPS) is 14.7. The molecule has 2 aliphatic heterocycles. The van der Waals surface area contributed by atoms with Crippen molar-refractivity contribution < 1.29 is 4.42 Å². The lowest BCUT2D eigenvalue weighted by Crippen LogP contribution is -2.60. The molecular formula is C62H52BN3O. The van der Waals surface area contributed by atoms with Crippen LogP contribution in [0, 0.1) is 0 Å². The Morgan fingerprint density at radius 1 is 0.567 bits per heavy atom. The van der Waals surface area contributed by atoms with Gasteiger partial charge in [0.2, 0.25) is 0 Å². The number of aryl methyl sites for hydroxylation is 1. The summed E-state index contributed by atoms with van der Waals surface area (Å²) in [6.45, 7) is 18.6. The molecule has 67 heavy (non-hydrogen) atoms. The van der Waals surface area contributed by atoms with E-state index in [2.05, 4.69) is 228 Å². The van der Waals surface area contributed by atoms with Gasteiger partial charge in [0.15, 0.2) is 0 Å². The van der Waals surface area contributed by atoms with Crippen molar-refractivity contribution >= 4 is 83.8 Å². The molecule has 1 aliphatic carbocycles. The van der Waals surface area contributed by atoms with Crippen LogP contribution < -0.4 is 15.7 Å². The second-order valence-electron chi connectivity index (χ2n) is 22.2. The van der Waals surface area contributed by atoms with Gasteiger partial charge in [0.05, 0.1) is 21.9 Å². The van der Waals surface area contributed by atoms with Crippen LogP contribution in [0.3, 0.4) is 0 Å². The Balaban J connectivity index is 1.21. The number of benzene rings is 8. The fourth-order valence-corrected chi connectivity index (χ4v) is 12.6. The van der Waals surface area contributed by atoms with Crippen molar-refractivity contribution in [1.29, 1.82) is 0 Å². The molecule has 3 aliphatic rings. The molecule has 0 saturated carbocycles. The molecule has 0 N–H and O–H groups in total. The van der Waals surface area contributed by atoms with E-state index in [1.807, 2.05) is 0 Å². The molecule has 8 aromatic carbocycles. The molecule has 0 saturated heterocycles. The largest absolute Gasteiger partial charge is 0.455 e. The van der Waals surface area contributed by atoms with Crippen LogP contribution in [0.2, 0.25) is 0 Å². The summed E-state index contributed by atoms with van der Waals surface area (Å²) < 4.78 is 12.3.